The van der Waals surface area contributed by atoms with Gasteiger partial charge in [-0.05, 0) is 12.1 Å². The maximum absolute atomic E-state index is 13.6. The summed E-state index contributed by atoms with van der Waals surface area (Å²) in [5.74, 6) is -0.885. The molecule has 0 amide bonds. The minimum Gasteiger partial charge on any atom is -0.389 e. The number of likely N-dealkylation sites (N-methyl/N-ethyl adjacent to an activating group) is 1. The van der Waals surface area contributed by atoms with E-state index in [9.17, 15) is 9.50 Å². The number of nitrogens with zero attached hydrogens (tertiary/aromatic N) is 1. The first-order valence-electron chi connectivity index (χ1n) is 5.48. The molecule has 6 heteroatoms. The van der Waals surface area contributed by atoms with Crippen LogP contribution in [0.2, 0.25) is 0 Å². The fraction of sp³-hybridized carbons (Fsp3) is 0.417. The Kier molecular flexibility index (Phi) is 5.06. The van der Waals surface area contributed by atoms with Crippen molar-refractivity contribution in [2.75, 3.05) is 32.2 Å². The van der Waals surface area contributed by atoms with Crippen molar-refractivity contribution < 1.29 is 14.2 Å². The van der Waals surface area contributed by atoms with E-state index in [-0.39, 0.29) is 24.6 Å². The van der Waals surface area contributed by atoms with E-state index in [2.05, 4.69) is 0 Å². The van der Waals surface area contributed by atoms with Crippen LogP contribution in [-0.4, -0.2) is 44.4 Å². The number of nitrogens with one attached hydrogen (secondary N) is 1. The summed E-state index contributed by atoms with van der Waals surface area (Å²) in [6, 6.07) is 4.44. The van der Waals surface area contributed by atoms with Gasteiger partial charge in [-0.1, -0.05) is 6.07 Å². The molecule has 0 saturated heterocycles. The Morgan fingerprint density at radius 3 is 2.83 bits per heavy atom. The summed E-state index contributed by atoms with van der Waals surface area (Å²) < 4.78 is 18.4. The van der Waals surface area contributed by atoms with Crippen molar-refractivity contribution in [1.29, 1.82) is 5.41 Å². The number of aliphatic hydroxyl groups is 1. The van der Waals surface area contributed by atoms with Crippen molar-refractivity contribution in [2.45, 2.75) is 6.10 Å². The lowest BCUT2D eigenvalue weighted by molar-refractivity contribution is 0.0695. The molecule has 0 bridgehead atoms. The Bertz CT molecular complexity index is 426. The van der Waals surface area contributed by atoms with Crippen molar-refractivity contribution in [2.24, 2.45) is 5.73 Å². The number of rotatable bonds is 6. The number of methoxy groups -OCH3 is 1. The summed E-state index contributed by atoms with van der Waals surface area (Å²) in [4.78, 5) is 1.64. The van der Waals surface area contributed by atoms with Gasteiger partial charge in [-0.3, -0.25) is 5.41 Å². The third-order valence-electron chi connectivity index (χ3n) is 2.52. The Balaban J connectivity index is 2.95. The number of aliphatic hydroxyl groups excluding tert-OH is 1. The van der Waals surface area contributed by atoms with Crippen LogP contribution in [0, 0.1) is 11.2 Å². The van der Waals surface area contributed by atoms with E-state index in [1.165, 1.54) is 19.2 Å². The topological polar surface area (TPSA) is 82.6 Å². The maximum Gasteiger partial charge on any atom is 0.136 e. The van der Waals surface area contributed by atoms with E-state index >= 15 is 0 Å². The molecule has 1 aromatic carbocycles. The highest BCUT2D eigenvalue weighted by molar-refractivity contribution is 6.00. The fourth-order valence-electron chi connectivity index (χ4n) is 1.76. The van der Waals surface area contributed by atoms with Gasteiger partial charge in [0.1, 0.15) is 11.7 Å². The van der Waals surface area contributed by atoms with Crippen LogP contribution in [0.15, 0.2) is 18.2 Å². The summed E-state index contributed by atoms with van der Waals surface area (Å²) in [5, 5.41) is 17.0. The number of amidine groups is 1. The minimum atomic E-state index is -0.692. The fourth-order valence-corrected chi connectivity index (χ4v) is 1.76. The second kappa shape index (κ2) is 6.32. The van der Waals surface area contributed by atoms with Gasteiger partial charge in [-0.25, -0.2) is 4.39 Å². The molecule has 0 aliphatic rings. The molecule has 18 heavy (non-hydrogen) atoms. The molecule has 1 aromatic rings. The number of hydrogen-bond donors (Lipinski definition) is 3. The second-order valence-corrected chi connectivity index (χ2v) is 4.04. The molecule has 0 aromatic heterocycles. The van der Waals surface area contributed by atoms with Crippen LogP contribution in [0.25, 0.3) is 0 Å². The molecule has 0 saturated carbocycles. The van der Waals surface area contributed by atoms with Gasteiger partial charge in [-0.2, -0.15) is 0 Å². The Hall–Kier alpha value is -1.66. The van der Waals surface area contributed by atoms with Gasteiger partial charge in [0.25, 0.3) is 0 Å². The van der Waals surface area contributed by atoms with Crippen LogP contribution in [0.4, 0.5) is 10.1 Å². The molecule has 1 rings (SSSR count). The Morgan fingerprint density at radius 1 is 1.61 bits per heavy atom. The van der Waals surface area contributed by atoms with Crippen LogP contribution < -0.4 is 10.6 Å². The quantitative estimate of drug-likeness (QED) is 0.512. The van der Waals surface area contributed by atoms with Crippen molar-refractivity contribution in [3.8, 4) is 0 Å². The lowest BCUT2D eigenvalue weighted by atomic mass is 10.1. The highest BCUT2D eigenvalue weighted by Gasteiger charge is 2.16. The number of halogens is 1. The van der Waals surface area contributed by atoms with Crippen molar-refractivity contribution in [3.05, 3.63) is 29.6 Å². The molecule has 0 radical (unpaired) electrons. The van der Waals surface area contributed by atoms with Gasteiger partial charge >= 0.3 is 0 Å². The van der Waals surface area contributed by atoms with E-state index in [0.29, 0.717) is 5.69 Å². The van der Waals surface area contributed by atoms with Crippen LogP contribution in [0.1, 0.15) is 5.56 Å². The molecule has 100 valence electrons. The van der Waals surface area contributed by atoms with E-state index in [0.717, 1.165) is 0 Å². The second-order valence-electron chi connectivity index (χ2n) is 4.04. The third-order valence-corrected chi connectivity index (χ3v) is 2.52. The predicted molar refractivity (Wildman–Crippen MR) is 68.6 cm³/mol. The highest BCUT2D eigenvalue weighted by atomic mass is 19.1. The molecule has 5 nitrogen and oxygen atoms in total. The average Bonchev–Trinajstić information content (AvgIpc) is 2.28. The smallest absolute Gasteiger partial charge is 0.136 e. The molecular formula is C12H18FN3O2. The number of nitrogen functional groups attached to an aromatic ring is 1. The zero-order valence-electron chi connectivity index (χ0n) is 10.5. The molecular weight excluding hydrogens is 237 g/mol. The Labute approximate surface area is 105 Å². The van der Waals surface area contributed by atoms with Crippen LogP contribution >= 0.6 is 0 Å². The summed E-state index contributed by atoms with van der Waals surface area (Å²) >= 11 is 0. The number of anilines is 1. The van der Waals surface area contributed by atoms with Crippen molar-refractivity contribution in [3.63, 3.8) is 0 Å². The standard InChI is InChI=1S/C12H18FN3O2/c1-16(6-8(17)7-18-2)10-5-3-4-9(13)11(10)12(14)15/h3-5,8,17H,6-7H2,1-2H3,(H3,14,15). The van der Waals surface area contributed by atoms with Gasteiger partial charge in [-0.15, -0.1) is 0 Å². The van der Waals surface area contributed by atoms with Crippen molar-refractivity contribution in [1.82, 2.24) is 0 Å². The molecule has 0 aliphatic carbocycles. The zero-order valence-corrected chi connectivity index (χ0v) is 10.5. The molecule has 0 heterocycles. The van der Waals surface area contributed by atoms with E-state index < -0.39 is 11.9 Å². The molecule has 0 aliphatic heterocycles. The predicted octanol–water partition coefficient (Wildman–Crippen LogP) is 0.553. The molecule has 0 spiro atoms. The first kappa shape index (κ1) is 14.4. The number of nitrogens with two attached hydrogens (primary N) is 1. The van der Waals surface area contributed by atoms with Gasteiger partial charge in [0.2, 0.25) is 0 Å². The summed E-state index contributed by atoms with van der Waals surface area (Å²) in [5.41, 5.74) is 5.89. The molecule has 1 unspecified atom stereocenters. The Morgan fingerprint density at radius 2 is 2.28 bits per heavy atom. The van der Waals surface area contributed by atoms with E-state index in [1.54, 1.807) is 18.0 Å². The van der Waals surface area contributed by atoms with E-state index in [1.807, 2.05) is 0 Å². The highest BCUT2D eigenvalue weighted by Crippen LogP contribution is 2.21. The normalized spacial score (nSPS) is 12.2. The minimum absolute atomic E-state index is 0.0459. The van der Waals surface area contributed by atoms with Crippen LogP contribution in [0.5, 0.6) is 0 Å². The van der Waals surface area contributed by atoms with Gasteiger partial charge in [0, 0.05) is 20.7 Å². The number of ether oxygens (including phenoxy) is 1. The number of benzene rings is 1. The van der Waals surface area contributed by atoms with E-state index in [4.69, 9.17) is 15.9 Å². The molecule has 0 fully saturated rings. The monoisotopic (exact) mass is 255 g/mol. The van der Waals surface area contributed by atoms with Gasteiger partial charge < -0.3 is 20.5 Å². The first-order chi connectivity index (χ1) is 8.47. The van der Waals surface area contributed by atoms with Crippen molar-refractivity contribution >= 4 is 11.5 Å². The zero-order chi connectivity index (χ0) is 13.7. The lowest BCUT2D eigenvalue weighted by Gasteiger charge is -2.24. The van der Waals surface area contributed by atoms with Gasteiger partial charge in [0.15, 0.2) is 0 Å². The largest absolute Gasteiger partial charge is 0.389 e. The van der Waals surface area contributed by atoms with Crippen LogP contribution in [-0.2, 0) is 4.74 Å². The maximum atomic E-state index is 13.6. The number of hydrogen-bond acceptors (Lipinski definition) is 4. The third kappa shape index (κ3) is 3.41. The first-order valence-corrected chi connectivity index (χ1v) is 5.48. The summed E-state index contributed by atoms with van der Waals surface area (Å²) in [7, 11) is 3.19. The molecule has 1 atom stereocenters. The van der Waals surface area contributed by atoms with Crippen LogP contribution in [0.3, 0.4) is 0 Å². The summed E-state index contributed by atoms with van der Waals surface area (Å²) in [6.45, 7) is 0.451. The van der Waals surface area contributed by atoms with Gasteiger partial charge in [0.05, 0.1) is 24.0 Å². The summed E-state index contributed by atoms with van der Waals surface area (Å²) in [6.07, 6.45) is -0.692. The molecule has 4 N–H and O–H groups in total. The lowest BCUT2D eigenvalue weighted by Crippen LogP contribution is -2.33. The SMILES string of the molecule is COCC(O)CN(C)c1cccc(F)c1C(=N)N. The average molecular weight is 255 g/mol.